The van der Waals surface area contributed by atoms with Crippen LogP contribution in [0.15, 0.2) is 78.2 Å². The van der Waals surface area contributed by atoms with Gasteiger partial charge in [-0.05, 0) is 42.5 Å². The van der Waals surface area contributed by atoms with Crippen LogP contribution in [0.2, 0.25) is 0 Å². The van der Waals surface area contributed by atoms with Crippen LogP contribution >= 0.6 is 0 Å². The maximum Gasteiger partial charge on any atom is 0.277 e. The number of carbonyl (C=O) groups is 2. The Balaban J connectivity index is 1.64. The molecule has 0 saturated carbocycles. The second kappa shape index (κ2) is 9.27. The summed E-state index contributed by atoms with van der Waals surface area (Å²) in [7, 11) is 1.57. The van der Waals surface area contributed by atoms with Gasteiger partial charge in [0, 0.05) is 17.2 Å². The van der Waals surface area contributed by atoms with Crippen molar-refractivity contribution in [2.45, 2.75) is 6.54 Å². The number of aromatic nitrogens is 1. The quantitative estimate of drug-likeness (QED) is 0.280. The summed E-state index contributed by atoms with van der Waals surface area (Å²) in [5.74, 6) is 0.230. The molecular formula is C22H20N3O4+. The number of phenolic OH excluding ortho intramolecular Hbond substituents is 1. The van der Waals surface area contributed by atoms with Gasteiger partial charge in [0.25, 0.3) is 5.91 Å². The van der Waals surface area contributed by atoms with E-state index in [1.807, 2.05) is 0 Å². The highest BCUT2D eigenvalue weighted by Crippen LogP contribution is 2.13. The molecule has 2 aromatic carbocycles. The van der Waals surface area contributed by atoms with Gasteiger partial charge in [0.2, 0.25) is 12.3 Å². The minimum absolute atomic E-state index is 0.0695. The zero-order valence-electron chi connectivity index (χ0n) is 15.8. The molecule has 0 aliphatic carbocycles. The van der Waals surface area contributed by atoms with Gasteiger partial charge in [-0.15, -0.1) is 0 Å². The topological polar surface area (TPSA) is 91.9 Å². The van der Waals surface area contributed by atoms with Crippen LogP contribution in [0.4, 0.5) is 0 Å². The Labute approximate surface area is 167 Å². The van der Waals surface area contributed by atoms with Crippen LogP contribution in [0.1, 0.15) is 26.3 Å². The summed E-state index contributed by atoms with van der Waals surface area (Å²) in [6, 6.07) is 16.8. The maximum absolute atomic E-state index is 12.4. The molecule has 3 rings (SSSR count). The molecule has 7 heteroatoms. The van der Waals surface area contributed by atoms with E-state index in [1.165, 1.54) is 12.3 Å². The summed E-state index contributed by atoms with van der Waals surface area (Å²) >= 11 is 0. The molecule has 0 unspecified atom stereocenters. The monoisotopic (exact) mass is 390 g/mol. The lowest BCUT2D eigenvalue weighted by molar-refractivity contribution is -0.683. The smallest absolute Gasteiger partial charge is 0.277 e. The van der Waals surface area contributed by atoms with Crippen LogP contribution in [0, 0.1) is 0 Å². The number of ether oxygens (including phenoxy) is 1. The Morgan fingerprint density at radius 1 is 1.07 bits per heavy atom. The van der Waals surface area contributed by atoms with E-state index in [4.69, 9.17) is 4.74 Å². The van der Waals surface area contributed by atoms with Crippen LogP contribution < -0.4 is 14.7 Å². The number of para-hydroxylation sites is 1. The molecule has 0 bridgehead atoms. The summed E-state index contributed by atoms with van der Waals surface area (Å²) < 4.78 is 6.72. The lowest BCUT2D eigenvalue weighted by atomic mass is 10.1. The average molecular weight is 390 g/mol. The number of ketones is 1. The van der Waals surface area contributed by atoms with E-state index in [2.05, 4.69) is 10.5 Å². The van der Waals surface area contributed by atoms with Crippen molar-refractivity contribution >= 4 is 17.9 Å². The molecule has 1 heterocycles. The second-order valence-electron chi connectivity index (χ2n) is 6.17. The van der Waals surface area contributed by atoms with E-state index < -0.39 is 5.91 Å². The van der Waals surface area contributed by atoms with Crippen molar-refractivity contribution in [1.82, 2.24) is 5.43 Å². The molecular weight excluding hydrogens is 370 g/mol. The fraction of sp³-hybridized carbons (Fsp3) is 0.0909. The first kappa shape index (κ1) is 19.8. The Morgan fingerprint density at radius 3 is 2.55 bits per heavy atom. The predicted octanol–water partition coefficient (Wildman–Crippen LogP) is 2.34. The number of Topliss-reactive ketones (excluding diaryl/α,β-unsaturated/α-hetero) is 1. The number of hydrogen-bond acceptors (Lipinski definition) is 5. The largest absolute Gasteiger partial charge is 0.507 e. The standard InChI is InChI=1S/C22H19N3O4/c1-29-19-10-8-16(9-11-19)21(27)15-25-12-4-6-18(14-25)22(28)24-23-13-17-5-2-3-7-20(17)26/h2-14H,15H2,1H3,(H-,23,24,26,28)/p+1. The van der Waals surface area contributed by atoms with Crippen molar-refractivity contribution in [1.29, 1.82) is 0 Å². The minimum atomic E-state index is -0.428. The van der Waals surface area contributed by atoms with Crippen molar-refractivity contribution in [3.63, 3.8) is 0 Å². The van der Waals surface area contributed by atoms with E-state index in [0.717, 1.165) is 0 Å². The number of phenols is 1. The Bertz CT molecular complexity index is 1050. The maximum atomic E-state index is 12.4. The number of pyridine rings is 1. The number of rotatable bonds is 7. The van der Waals surface area contributed by atoms with Gasteiger partial charge in [-0.2, -0.15) is 9.67 Å². The third-order valence-electron chi connectivity index (χ3n) is 4.17. The molecule has 0 radical (unpaired) electrons. The molecule has 1 amide bonds. The van der Waals surface area contributed by atoms with E-state index in [0.29, 0.717) is 22.4 Å². The highest BCUT2D eigenvalue weighted by atomic mass is 16.5. The summed E-state index contributed by atoms with van der Waals surface area (Å²) in [5, 5.41) is 13.6. The second-order valence-corrected chi connectivity index (χ2v) is 6.17. The number of benzene rings is 2. The van der Waals surface area contributed by atoms with E-state index >= 15 is 0 Å². The van der Waals surface area contributed by atoms with Gasteiger partial charge in [0.1, 0.15) is 17.1 Å². The Kier molecular flexibility index (Phi) is 6.32. The summed E-state index contributed by atoms with van der Waals surface area (Å²) in [6.07, 6.45) is 4.65. The third kappa shape index (κ3) is 5.26. The molecule has 146 valence electrons. The predicted molar refractivity (Wildman–Crippen MR) is 107 cm³/mol. The zero-order chi connectivity index (χ0) is 20.6. The number of methoxy groups -OCH3 is 1. The normalized spacial score (nSPS) is 10.7. The molecule has 0 aliphatic heterocycles. The first-order chi connectivity index (χ1) is 14.1. The number of nitrogens with one attached hydrogen (secondary N) is 1. The summed E-state index contributed by atoms with van der Waals surface area (Å²) in [6.45, 7) is 0.0919. The minimum Gasteiger partial charge on any atom is -0.507 e. The van der Waals surface area contributed by atoms with Gasteiger partial charge in [0.05, 0.1) is 13.3 Å². The van der Waals surface area contributed by atoms with Crippen molar-refractivity contribution in [2.75, 3.05) is 7.11 Å². The Hall–Kier alpha value is -4.00. The van der Waals surface area contributed by atoms with E-state index in [-0.39, 0.29) is 18.1 Å². The molecule has 1 aromatic heterocycles. The van der Waals surface area contributed by atoms with Gasteiger partial charge in [-0.25, -0.2) is 5.43 Å². The highest BCUT2D eigenvalue weighted by Gasteiger charge is 2.15. The lowest BCUT2D eigenvalue weighted by Gasteiger charge is -2.02. The molecule has 0 atom stereocenters. The number of amides is 1. The number of hydrogen-bond donors (Lipinski definition) is 2. The van der Waals surface area contributed by atoms with E-state index in [1.54, 1.807) is 78.7 Å². The van der Waals surface area contributed by atoms with Crippen molar-refractivity contribution < 1.29 is 24.0 Å². The number of aromatic hydroxyl groups is 1. The molecule has 0 aliphatic rings. The van der Waals surface area contributed by atoms with Crippen molar-refractivity contribution in [3.8, 4) is 11.5 Å². The SMILES string of the molecule is COc1ccc(C(=O)C[n+]2cccc(C(=O)NN=Cc3ccccc3O)c2)cc1. The van der Waals surface area contributed by atoms with Crippen LogP contribution in [0.3, 0.4) is 0 Å². The van der Waals surface area contributed by atoms with Gasteiger partial charge in [0.15, 0.2) is 12.4 Å². The van der Waals surface area contributed by atoms with Crippen LogP contribution in [-0.2, 0) is 6.54 Å². The fourth-order valence-corrected chi connectivity index (χ4v) is 2.61. The van der Waals surface area contributed by atoms with Gasteiger partial charge in [-0.3, -0.25) is 9.59 Å². The lowest BCUT2D eigenvalue weighted by Crippen LogP contribution is -2.38. The average Bonchev–Trinajstić information content (AvgIpc) is 2.75. The Morgan fingerprint density at radius 2 is 1.83 bits per heavy atom. The summed E-state index contributed by atoms with van der Waals surface area (Å²) in [5.41, 5.74) is 3.80. The number of carbonyl (C=O) groups excluding carboxylic acids is 2. The van der Waals surface area contributed by atoms with Gasteiger partial charge >= 0.3 is 0 Å². The van der Waals surface area contributed by atoms with Gasteiger partial charge < -0.3 is 9.84 Å². The first-order valence-electron chi connectivity index (χ1n) is 8.84. The fourth-order valence-electron chi connectivity index (χ4n) is 2.61. The summed E-state index contributed by atoms with van der Waals surface area (Å²) in [4.78, 5) is 24.7. The molecule has 0 saturated heterocycles. The highest BCUT2D eigenvalue weighted by molar-refractivity contribution is 5.96. The first-order valence-corrected chi connectivity index (χ1v) is 8.84. The molecule has 3 aromatic rings. The number of nitrogens with zero attached hydrogens (tertiary/aromatic N) is 2. The van der Waals surface area contributed by atoms with Crippen LogP contribution in [0.5, 0.6) is 11.5 Å². The molecule has 0 fully saturated rings. The van der Waals surface area contributed by atoms with Crippen molar-refractivity contribution in [2.24, 2.45) is 5.10 Å². The van der Waals surface area contributed by atoms with Crippen LogP contribution in [-0.4, -0.2) is 30.1 Å². The molecule has 29 heavy (non-hydrogen) atoms. The van der Waals surface area contributed by atoms with Crippen LogP contribution in [0.25, 0.3) is 0 Å². The number of hydrazone groups is 1. The van der Waals surface area contributed by atoms with Crippen molar-refractivity contribution in [3.05, 3.63) is 89.7 Å². The third-order valence-corrected chi connectivity index (χ3v) is 4.17. The van der Waals surface area contributed by atoms with E-state index in [9.17, 15) is 14.7 Å². The van der Waals surface area contributed by atoms with Gasteiger partial charge in [-0.1, -0.05) is 12.1 Å². The molecule has 2 N–H and O–H groups in total. The molecule has 7 nitrogen and oxygen atoms in total. The zero-order valence-corrected chi connectivity index (χ0v) is 15.8. The molecule has 0 spiro atoms.